The lowest BCUT2D eigenvalue weighted by atomic mass is 9.84. The Balaban J connectivity index is 1.27. The second-order valence-electron chi connectivity index (χ2n) is 9.19. The fourth-order valence-electron chi connectivity index (χ4n) is 5.27. The van der Waals surface area contributed by atoms with E-state index in [-0.39, 0.29) is 43.5 Å². The molecular formula is C25H28N4O5S. The van der Waals surface area contributed by atoms with E-state index in [4.69, 9.17) is 0 Å². The van der Waals surface area contributed by atoms with Crippen molar-refractivity contribution in [3.63, 3.8) is 0 Å². The molecule has 184 valence electrons. The van der Waals surface area contributed by atoms with Crippen molar-refractivity contribution in [2.75, 3.05) is 32.7 Å². The van der Waals surface area contributed by atoms with Gasteiger partial charge in [0, 0.05) is 26.2 Å². The number of piperazine rings is 1. The summed E-state index contributed by atoms with van der Waals surface area (Å²) in [5.41, 5.74) is 0.723. The Kier molecular flexibility index (Phi) is 6.10. The molecule has 1 atom stereocenters. The number of aryl methyl sites for hydroxylation is 1. The summed E-state index contributed by atoms with van der Waals surface area (Å²) >= 11 is 0. The zero-order valence-corrected chi connectivity index (χ0v) is 20.2. The smallest absolute Gasteiger partial charge is 0.325 e. The molecule has 2 aliphatic heterocycles. The van der Waals surface area contributed by atoms with Crippen LogP contribution in [-0.4, -0.2) is 73.1 Å². The Morgan fingerprint density at radius 2 is 1.60 bits per heavy atom. The van der Waals surface area contributed by atoms with Crippen molar-refractivity contribution in [1.82, 2.24) is 19.4 Å². The molecule has 3 aliphatic rings. The second kappa shape index (κ2) is 9.09. The van der Waals surface area contributed by atoms with Crippen LogP contribution in [0.15, 0.2) is 59.5 Å². The molecule has 0 aromatic heterocycles. The van der Waals surface area contributed by atoms with E-state index in [2.05, 4.69) is 5.32 Å². The number of fused-ring (bicyclic) bond motifs is 2. The van der Waals surface area contributed by atoms with Crippen molar-refractivity contribution >= 4 is 27.9 Å². The van der Waals surface area contributed by atoms with E-state index in [1.165, 1.54) is 9.21 Å². The van der Waals surface area contributed by atoms with Crippen molar-refractivity contribution in [2.45, 2.75) is 36.1 Å². The first-order valence-electron chi connectivity index (χ1n) is 11.9. The summed E-state index contributed by atoms with van der Waals surface area (Å²) in [6.07, 6.45) is 3.06. The Hall–Kier alpha value is -3.24. The zero-order chi connectivity index (χ0) is 24.6. The largest absolute Gasteiger partial charge is 0.338 e. The van der Waals surface area contributed by atoms with Gasteiger partial charge in [0.25, 0.3) is 5.91 Å². The van der Waals surface area contributed by atoms with Gasteiger partial charge in [-0.05, 0) is 48.9 Å². The van der Waals surface area contributed by atoms with E-state index in [0.29, 0.717) is 6.42 Å². The van der Waals surface area contributed by atoms with Crippen molar-refractivity contribution in [1.29, 1.82) is 0 Å². The summed E-state index contributed by atoms with van der Waals surface area (Å²) in [4.78, 5) is 42.2. The number of nitrogens with zero attached hydrogens (tertiary/aromatic N) is 3. The van der Waals surface area contributed by atoms with Crippen LogP contribution in [0.3, 0.4) is 0 Å². The highest BCUT2D eigenvalue weighted by Gasteiger charge is 2.53. The summed E-state index contributed by atoms with van der Waals surface area (Å²) < 4.78 is 27.0. The van der Waals surface area contributed by atoms with Crippen LogP contribution in [0.4, 0.5) is 4.79 Å². The van der Waals surface area contributed by atoms with Crippen LogP contribution in [0.25, 0.3) is 0 Å². The molecule has 2 aromatic carbocycles. The number of nitrogens with one attached hydrogen (secondary N) is 1. The van der Waals surface area contributed by atoms with Gasteiger partial charge < -0.3 is 10.2 Å². The minimum absolute atomic E-state index is 0.153. The first-order valence-corrected chi connectivity index (χ1v) is 13.3. The van der Waals surface area contributed by atoms with Crippen LogP contribution in [-0.2, 0) is 31.6 Å². The summed E-state index contributed by atoms with van der Waals surface area (Å²) in [7, 11) is -3.63. The lowest BCUT2D eigenvalue weighted by Gasteiger charge is -2.34. The normalized spacial score (nSPS) is 23.2. The van der Waals surface area contributed by atoms with Gasteiger partial charge in [-0.3, -0.25) is 14.5 Å². The van der Waals surface area contributed by atoms with Gasteiger partial charge in [-0.25, -0.2) is 13.2 Å². The van der Waals surface area contributed by atoms with E-state index >= 15 is 0 Å². The summed E-state index contributed by atoms with van der Waals surface area (Å²) in [5.74, 6) is -0.764. The van der Waals surface area contributed by atoms with Gasteiger partial charge in [-0.2, -0.15) is 4.31 Å². The van der Waals surface area contributed by atoms with Gasteiger partial charge in [-0.1, -0.05) is 42.5 Å². The van der Waals surface area contributed by atoms with E-state index in [1.807, 2.05) is 24.3 Å². The van der Waals surface area contributed by atoms with E-state index < -0.39 is 27.5 Å². The van der Waals surface area contributed by atoms with Crippen molar-refractivity contribution in [3.8, 4) is 0 Å². The molecule has 0 bridgehead atoms. The van der Waals surface area contributed by atoms with Crippen molar-refractivity contribution in [3.05, 3.63) is 65.7 Å². The molecule has 1 N–H and O–H groups in total. The lowest BCUT2D eigenvalue weighted by molar-refractivity contribution is -0.140. The summed E-state index contributed by atoms with van der Waals surface area (Å²) in [5, 5.41) is 2.90. The number of sulfonamides is 1. The predicted molar refractivity (Wildman–Crippen MR) is 128 cm³/mol. The molecule has 1 spiro atoms. The number of rotatable bonds is 4. The highest BCUT2D eigenvalue weighted by Crippen LogP contribution is 2.39. The molecule has 0 radical (unpaired) electrons. The number of hydrogen-bond acceptors (Lipinski definition) is 5. The van der Waals surface area contributed by atoms with Gasteiger partial charge in [0.2, 0.25) is 15.9 Å². The molecule has 2 aromatic rings. The highest BCUT2D eigenvalue weighted by molar-refractivity contribution is 7.89. The van der Waals surface area contributed by atoms with Crippen LogP contribution in [0.5, 0.6) is 0 Å². The number of carbonyl (C=O) groups is 3. The van der Waals surface area contributed by atoms with Crippen LogP contribution < -0.4 is 5.32 Å². The van der Waals surface area contributed by atoms with E-state index in [9.17, 15) is 22.8 Å². The van der Waals surface area contributed by atoms with Crippen molar-refractivity contribution in [2.24, 2.45) is 0 Å². The molecule has 1 aliphatic carbocycles. The maximum Gasteiger partial charge on any atom is 0.325 e. The maximum absolute atomic E-state index is 13.6. The third-order valence-electron chi connectivity index (χ3n) is 7.17. The lowest BCUT2D eigenvalue weighted by Crippen LogP contribution is -2.53. The third-order valence-corrected chi connectivity index (χ3v) is 9.08. The number of imide groups is 1. The fourth-order valence-corrected chi connectivity index (χ4v) is 6.71. The van der Waals surface area contributed by atoms with Gasteiger partial charge in [0.05, 0.1) is 4.90 Å². The molecule has 4 amide bonds. The van der Waals surface area contributed by atoms with E-state index in [0.717, 1.165) is 35.3 Å². The number of urea groups is 1. The minimum atomic E-state index is -3.63. The van der Waals surface area contributed by atoms with Crippen LogP contribution in [0.1, 0.15) is 30.4 Å². The highest BCUT2D eigenvalue weighted by atomic mass is 32.2. The molecule has 2 heterocycles. The maximum atomic E-state index is 13.6. The molecule has 0 saturated carbocycles. The van der Waals surface area contributed by atoms with Gasteiger partial charge >= 0.3 is 6.03 Å². The quantitative estimate of drug-likeness (QED) is 0.649. The topological polar surface area (TPSA) is 107 Å². The predicted octanol–water partition coefficient (Wildman–Crippen LogP) is 1.69. The van der Waals surface area contributed by atoms with Gasteiger partial charge in [-0.15, -0.1) is 0 Å². The SMILES string of the molecule is O=C(CN1C(=O)N[C@]2(CCCCc3ccccc32)C1=O)N1CCN(S(=O)(=O)c2ccccc2)CC1. The Bertz CT molecular complexity index is 1260. The molecule has 0 unspecified atom stereocenters. The first-order chi connectivity index (χ1) is 16.8. The zero-order valence-electron chi connectivity index (χ0n) is 19.4. The molecule has 2 fully saturated rings. The standard InChI is InChI=1S/C25H28N4O5S/c30-22(27-14-16-28(17-15-27)35(33,34)20-10-2-1-3-11-20)18-29-23(31)25(26-24(29)32)13-7-6-9-19-8-4-5-12-21(19)25/h1-5,8,10-12H,6-7,9,13-18H2,(H,26,32)/t25-/m0/s1. The summed E-state index contributed by atoms with van der Waals surface area (Å²) in [6.45, 7) is 0.339. The first kappa shape index (κ1) is 23.5. The molecule has 2 saturated heterocycles. The number of hydrogen-bond donors (Lipinski definition) is 1. The van der Waals surface area contributed by atoms with Crippen LogP contribution in [0.2, 0.25) is 0 Å². The molecule has 10 heteroatoms. The number of amides is 4. The Morgan fingerprint density at radius 3 is 2.34 bits per heavy atom. The average molecular weight is 497 g/mol. The van der Waals surface area contributed by atoms with Crippen LogP contribution >= 0.6 is 0 Å². The molecule has 5 rings (SSSR count). The third kappa shape index (κ3) is 4.10. The number of carbonyl (C=O) groups excluding carboxylic acids is 3. The minimum Gasteiger partial charge on any atom is -0.338 e. The molecule has 35 heavy (non-hydrogen) atoms. The van der Waals surface area contributed by atoms with E-state index in [1.54, 1.807) is 30.3 Å². The second-order valence-corrected chi connectivity index (χ2v) is 11.1. The van der Waals surface area contributed by atoms with Gasteiger partial charge in [0.15, 0.2) is 0 Å². The summed E-state index contributed by atoms with van der Waals surface area (Å²) in [6, 6.07) is 15.3. The Morgan fingerprint density at radius 1 is 0.914 bits per heavy atom. The molecule has 9 nitrogen and oxygen atoms in total. The van der Waals surface area contributed by atoms with Crippen LogP contribution in [0, 0.1) is 0 Å². The average Bonchev–Trinajstić information content (AvgIpc) is 3.01. The monoisotopic (exact) mass is 496 g/mol. The number of benzene rings is 2. The Labute approximate surface area is 204 Å². The fraction of sp³-hybridized carbons (Fsp3) is 0.400. The van der Waals surface area contributed by atoms with Crippen molar-refractivity contribution < 1.29 is 22.8 Å². The molecular weight excluding hydrogens is 468 g/mol. The van der Waals surface area contributed by atoms with Gasteiger partial charge in [0.1, 0.15) is 12.1 Å².